The number of rotatable bonds is 4. The summed E-state index contributed by atoms with van der Waals surface area (Å²) in [4.78, 5) is 0. The highest BCUT2D eigenvalue weighted by Crippen LogP contribution is 2.28. The Hall–Kier alpha value is -0.840. The normalized spacial score (nSPS) is 12.7. The van der Waals surface area contributed by atoms with Crippen molar-refractivity contribution in [2.24, 2.45) is 0 Å². The van der Waals surface area contributed by atoms with Crippen molar-refractivity contribution < 1.29 is 5.11 Å². The van der Waals surface area contributed by atoms with Crippen molar-refractivity contribution in [3.05, 3.63) is 50.2 Å². The molecule has 0 saturated heterocycles. The molecule has 0 spiro atoms. The molecule has 108 valence electrons. The second kappa shape index (κ2) is 6.29. The van der Waals surface area contributed by atoms with Crippen molar-refractivity contribution in [2.45, 2.75) is 39.8 Å². The molecule has 3 nitrogen and oxygen atoms in total. The van der Waals surface area contributed by atoms with Gasteiger partial charge in [0.2, 0.25) is 0 Å². The second-order valence-corrected chi connectivity index (χ2v) is 6.12. The van der Waals surface area contributed by atoms with E-state index in [1.54, 1.807) is 0 Å². The van der Waals surface area contributed by atoms with Crippen LogP contribution in [-0.4, -0.2) is 14.9 Å². The molecule has 0 radical (unpaired) electrons. The number of aryl methyl sites for hydroxylation is 3. The first-order valence-corrected chi connectivity index (χ1v) is 7.77. The predicted molar refractivity (Wildman–Crippen MR) is 85.2 cm³/mol. The lowest BCUT2D eigenvalue weighted by atomic mass is 10.0. The van der Waals surface area contributed by atoms with Crippen LogP contribution in [0.3, 0.4) is 0 Å². The molecule has 0 bridgehead atoms. The number of aromatic nitrogens is 2. The van der Waals surface area contributed by atoms with Gasteiger partial charge in [-0.25, -0.2) is 0 Å². The molecular weight excluding hydrogens is 340 g/mol. The fraction of sp³-hybridized carbons (Fsp3) is 0.400. The molecule has 1 aromatic heterocycles. The first kappa shape index (κ1) is 15.5. The third-order valence-electron chi connectivity index (χ3n) is 3.41. The molecule has 1 atom stereocenters. The van der Waals surface area contributed by atoms with Crippen LogP contribution in [0.15, 0.2) is 22.7 Å². The Bertz CT molecular complexity index is 625. The maximum atomic E-state index is 10.4. The van der Waals surface area contributed by atoms with Crippen molar-refractivity contribution in [3.8, 4) is 0 Å². The van der Waals surface area contributed by atoms with Crippen molar-refractivity contribution in [1.29, 1.82) is 0 Å². The van der Waals surface area contributed by atoms with Crippen LogP contribution in [0.4, 0.5) is 0 Å². The van der Waals surface area contributed by atoms with Gasteiger partial charge in [0.25, 0.3) is 0 Å². The molecule has 1 heterocycles. The van der Waals surface area contributed by atoms with Crippen LogP contribution in [0.1, 0.15) is 35.5 Å². The Morgan fingerprint density at radius 3 is 2.70 bits per heavy atom. The predicted octanol–water partition coefficient (Wildman–Crippen LogP) is 4.21. The number of hydrogen-bond acceptors (Lipinski definition) is 2. The summed E-state index contributed by atoms with van der Waals surface area (Å²) in [6.07, 6.45) is -0.116. The number of aliphatic hydroxyl groups excluding tert-OH is 1. The first-order chi connectivity index (χ1) is 9.43. The van der Waals surface area contributed by atoms with Crippen molar-refractivity contribution >= 4 is 27.5 Å². The third-order valence-corrected chi connectivity index (χ3v) is 4.79. The minimum Gasteiger partial charge on any atom is -0.388 e. The lowest BCUT2D eigenvalue weighted by Crippen LogP contribution is -2.09. The molecule has 20 heavy (non-hydrogen) atoms. The van der Waals surface area contributed by atoms with Gasteiger partial charge in [-0.3, -0.25) is 4.68 Å². The van der Waals surface area contributed by atoms with Gasteiger partial charge >= 0.3 is 0 Å². The maximum absolute atomic E-state index is 10.4. The summed E-state index contributed by atoms with van der Waals surface area (Å²) in [5.41, 5.74) is 3.69. The largest absolute Gasteiger partial charge is 0.388 e. The van der Waals surface area contributed by atoms with E-state index in [0.29, 0.717) is 11.4 Å². The smallest absolute Gasteiger partial charge is 0.0848 e. The van der Waals surface area contributed by atoms with E-state index >= 15 is 0 Å². The lowest BCUT2D eigenvalue weighted by molar-refractivity contribution is 0.175. The molecule has 2 rings (SSSR count). The minimum atomic E-state index is -0.583. The summed E-state index contributed by atoms with van der Waals surface area (Å²) >= 11 is 9.75. The molecular formula is C15H18BrClN2O. The topological polar surface area (TPSA) is 38.0 Å². The third kappa shape index (κ3) is 3.08. The van der Waals surface area contributed by atoms with E-state index in [1.807, 2.05) is 43.7 Å². The summed E-state index contributed by atoms with van der Waals surface area (Å²) < 4.78 is 2.90. The fourth-order valence-corrected chi connectivity index (χ4v) is 2.70. The highest BCUT2D eigenvalue weighted by atomic mass is 79.9. The quantitative estimate of drug-likeness (QED) is 0.890. The standard InChI is InChI=1S/C15H18BrClN2O/c1-4-19-13(15(17)10(3)18-19)8-14(20)11-5-6-12(16)9(2)7-11/h5-7,14,20H,4,8H2,1-3H3. The average Bonchev–Trinajstić information content (AvgIpc) is 2.69. The molecule has 0 aliphatic carbocycles. The number of nitrogens with zero attached hydrogens (tertiary/aromatic N) is 2. The Kier molecular flexibility index (Phi) is 4.89. The highest BCUT2D eigenvalue weighted by Gasteiger charge is 2.18. The Morgan fingerprint density at radius 2 is 2.10 bits per heavy atom. The number of aliphatic hydroxyl groups is 1. The van der Waals surface area contributed by atoms with Crippen molar-refractivity contribution in [1.82, 2.24) is 9.78 Å². The zero-order valence-electron chi connectivity index (χ0n) is 11.8. The minimum absolute atomic E-state index is 0.467. The van der Waals surface area contributed by atoms with Crippen molar-refractivity contribution in [2.75, 3.05) is 0 Å². The van der Waals surface area contributed by atoms with Gasteiger partial charge < -0.3 is 5.11 Å². The molecule has 0 fully saturated rings. The molecule has 1 N–H and O–H groups in total. The molecule has 0 amide bonds. The van der Waals surface area contributed by atoms with Crippen LogP contribution in [-0.2, 0) is 13.0 Å². The molecule has 5 heteroatoms. The van der Waals surface area contributed by atoms with Gasteiger partial charge in [-0.15, -0.1) is 0 Å². The molecule has 2 aromatic rings. The zero-order valence-corrected chi connectivity index (χ0v) is 14.2. The van der Waals surface area contributed by atoms with E-state index in [0.717, 1.165) is 33.5 Å². The number of halogens is 2. The van der Waals surface area contributed by atoms with E-state index in [9.17, 15) is 5.11 Å². The Balaban J connectivity index is 2.27. The van der Waals surface area contributed by atoms with E-state index in [1.165, 1.54) is 0 Å². The summed E-state index contributed by atoms with van der Waals surface area (Å²) in [7, 11) is 0. The molecule has 1 aromatic carbocycles. The van der Waals surface area contributed by atoms with Crippen LogP contribution in [0.2, 0.25) is 5.02 Å². The summed E-state index contributed by atoms with van der Waals surface area (Å²) in [5.74, 6) is 0. The van der Waals surface area contributed by atoms with Crippen LogP contribution in [0.25, 0.3) is 0 Å². The van der Waals surface area contributed by atoms with Gasteiger partial charge in [0, 0.05) is 17.4 Å². The SMILES string of the molecule is CCn1nc(C)c(Cl)c1CC(O)c1ccc(Br)c(C)c1. The average molecular weight is 358 g/mol. The van der Waals surface area contributed by atoms with Crippen LogP contribution in [0.5, 0.6) is 0 Å². The van der Waals surface area contributed by atoms with Crippen LogP contribution >= 0.6 is 27.5 Å². The Labute approximate surface area is 132 Å². The molecule has 0 aliphatic heterocycles. The van der Waals surface area contributed by atoms with Gasteiger partial charge in [-0.05, 0) is 38.0 Å². The van der Waals surface area contributed by atoms with Crippen LogP contribution < -0.4 is 0 Å². The van der Waals surface area contributed by atoms with Crippen LogP contribution in [0, 0.1) is 13.8 Å². The van der Waals surface area contributed by atoms with Gasteiger partial charge in [0.15, 0.2) is 0 Å². The monoisotopic (exact) mass is 356 g/mol. The van der Waals surface area contributed by atoms with Gasteiger partial charge in [0.05, 0.1) is 22.5 Å². The summed E-state index contributed by atoms with van der Waals surface area (Å²) in [5, 5.41) is 15.5. The Morgan fingerprint density at radius 1 is 1.40 bits per heavy atom. The zero-order chi connectivity index (χ0) is 14.9. The van der Waals surface area contributed by atoms with Gasteiger partial charge in [-0.2, -0.15) is 5.10 Å². The number of hydrogen-bond donors (Lipinski definition) is 1. The second-order valence-electron chi connectivity index (χ2n) is 4.89. The molecule has 0 aliphatic rings. The molecule has 0 saturated carbocycles. The fourth-order valence-electron chi connectivity index (χ4n) is 2.24. The number of benzene rings is 1. The molecule has 1 unspecified atom stereocenters. The van der Waals surface area contributed by atoms with Gasteiger partial charge in [-0.1, -0.05) is 39.7 Å². The van der Waals surface area contributed by atoms with E-state index in [2.05, 4.69) is 21.0 Å². The van der Waals surface area contributed by atoms with Crippen molar-refractivity contribution in [3.63, 3.8) is 0 Å². The first-order valence-electron chi connectivity index (χ1n) is 6.60. The lowest BCUT2D eigenvalue weighted by Gasteiger charge is -2.13. The van der Waals surface area contributed by atoms with E-state index < -0.39 is 6.10 Å². The highest BCUT2D eigenvalue weighted by molar-refractivity contribution is 9.10. The van der Waals surface area contributed by atoms with E-state index in [4.69, 9.17) is 11.6 Å². The maximum Gasteiger partial charge on any atom is 0.0848 e. The summed E-state index contributed by atoms with van der Waals surface area (Å²) in [6, 6.07) is 5.87. The summed E-state index contributed by atoms with van der Waals surface area (Å²) in [6.45, 7) is 6.65. The van der Waals surface area contributed by atoms with E-state index in [-0.39, 0.29) is 0 Å². The van der Waals surface area contributed by atoms with Gasteiger partial charge in [0.1, 0.15) is 0 Å².